The first-order valence-electron chi connectivity index (χ1n) is 11.1. The van der Waals surface area contributed by atoms with Gasteiger partial charge in [-0.25, -0.2) is 4.98 Å². The molecule has 2 atom stereocenters. The number of aromatic nitrogens is 1. The van der Waals surface area contributed by atoms with Crippen LogP contribution in [0, 0.1) is 12.3 Å². The molecule has 0 unspecified atom stereocenters. The van der Waals surface area contributed by atoms with Crippen molar-refractivity contribution in [3.05, 3.63) is 41.0 Å². The molecular weight excluding hydrogens is 410 g/mol. The minimum absolute atomic E-state index is 0.0215. The molecule has 4 rings (SSSR count). The summed E-state index contributed by atoms with van der Waals surface area (Å²) in [4.78, 5) is 33.3. The highest BCUT2D eigenvalue weighted by molar-refractivity contribution is 7.13. The van der Waals surface area contributed by atoms with Gasteiger partial charge in [0.05, 0.1) is 22.2 Å². The Morgan fingerprint density at radius 1 is 1.23 bits per heavy atom. The number of carbonyl (C=O) groups is 2. The fourth-order valence-electron chi connectivity index (χ4n) is 4.84. The van der Waals surface area contributed by atoms with Crippen molar-refractivity contribution in [3.63, 3.8) is 0 Å². The number of aryl methyl sites for hydroxylation is 1. The Morgan fingerprint density at radius 2 is 1.94 bits per heavy atom. The zero-order valence-electron chi connectivity index (χ0n) is 18.3. The van der Waals surface area contributed by atoms with E-state index in [-0.39, 0.29) is 18.4 Å². The maximum Gasteiger partial charge on any atom is 0.243 e. The molecule has 2 N–H and O–H groups in total. The fraction of sp³-hybridized carbons (Fsp3) is 0.542. The molecule has 1 aliphatic heterocycles. The third-order valence-electron chi connectivity index (χ3n) is 6.74. The topological polar surface area (TPSA) is 82.5 Å². The fourth-order valence-corrected chi connectivity index (χ4v) is 5.65. The van der Waals surface area contributed by atoms with E-state index < -0.39 is 17.6 Å². The Kier molecular flexibility index (Phi) is 6.44. The van der Waals surface area contributed by atoms with Gasteiger partial charge in [-0.3, -0.25) is 9.59 Å². The van der Waals surface area contributed by atoms with Crippen LogP contribution in [0.25, 0.3) is 10.4 Å². The Labute approximate surface area is 187 Å². The number of aliphatic hydroxyl groups is 1. The third-order valence-corrected chi connectivity index (χ3v) is 7.72. The molecule has 7 heteroatoms. The normalized spacial score (nSPS) is 23.0. The maximum absolute atomic E-state index is 13.3. The van der Waals surface area contributed by atoms with Crippen LogP contribution in [0.3, 0.4) is 0 Å². The molecule has 1 aromatic heterocycles. The minimum Gasteiger partial charge on any atom is -0.391 e. The van der Waals surface area contributed by atoms with E-state index >= 15 is 0 Å². The molecule has 0 radical (unpaired) electrons. The smallest absolute Gasteiger partial charge is 0.243 e. The van der Waals surface area contributed by atoms with Gasteiger partial charge in [0.1, 0.15) is 6.04 Å². The van der Waals surface area contributed by atoms with Crippen molar-refractivity contribution in [1.29, 1.82) is 0 Å². The number of benzene rings is 1. The van der Waals surface area contributed by atoms with E-state index in [4.69, 9.17) is 0 Å². The molecule has 166 valence electrons. The van der Waals surface area contributed by atoms with Crippen LogP contribution in [0.4, 0.5) is 0 Å². The lowest BCUT2D eigenvalue weighted by Gasteiger charge is -2.37. The number of nitrogens with one attached hydrogen (secondary N) is 1. The highest BCUT2D eigenvalue weighted by Gasteiger charge is 2.45. The molecule has 6 nitrogen and oxygen atoms in total. The van der Waals surface area contributed by atoms with E-state index in [1.807, 2.05) is 43.6 Å². The quantitative estimate of drug-likeness (QED) is 0.742. The van der Waals surface area contributed by atoms with Crippen molar-refractivity contribution in [3.8, 4) is 10.4 Å². The van der Waals surface area contributed by atoms with Gasteiger partial charge >= 0.3 is 0 Å². The van der Waals surface area contributed by atoms with Crippen LogP contribution in [-0.2, 0) is 16.1 Å². The van der Waals surface area contributed by atoms with Crippen LogP contribution in [0.1, 0.15) is 56.7 Å². The lowest BCUT2D eigenvalue weighted by atomic mass is 9.74. The second kappa shape index (κ2) is 9.09. The van der Waals surface area contributed by atoms with E-state index in [1.54, 1.807) is 16.2 Å². The molecule has 1 saturated heterocycles. The van der Waals surface area contributed by atoms with Gasteiger partial charge in [-0.1, -0.05) is 50.5 Å². The number of β-amino-alcohol motifs (C(OH)–C–C–N with tert-alkyl or cyclic N) is 1. The molecule has 2 heterocycles. The molecule has 1 saturated carbocycles. The second-order valence-corrected chi connectivity index (χ2v) is 10.0. The van der Waals surface area contributed by atoms with Crippen LogP contribution in [0.2, 0.25) is 0 Å². The minimum atomic E-state index is -0.645. The first-order chi connectivity index (χ1) is 14.9. The summed E-state index contributed by atoms with van der Waals surface area (Å²) in [5.41, 5.74) is 4.56. The van der Waals surface area contributed by atoms with E-state index in [2.05, 4.69) is 10.3 Å². The van der Waals surface area contributed by atoms with Crippen LogP contribution in [0.15, 0.2) is 29.8 Å². The summed E-state index contributed by atoms with van der Waals surface area (Å²) < 4.78 is 0. The van der Waals surface area contributed by atoms with Crippen molar-refractivity contribution < 1.29 is 14.7 Å². The SMILES string of the molecule is Cc1ncsc1-c1ccc(CNC(=O)[C@@H]2C[C@@H](O)CN2C(=O)C2(C)CCCCC2)cc1. The average Bonchev–Trinajstić information content (AvgIpc) is 3.38. The summed E-state index contributed by atoms with van der Waals surface area (Å²) in [6.07, 6.45) is 4.64. The largest absolute Gasteiger partial charge is 0.391 e. The van der Waals surface area contributed by atoms with Gasteiger partial charge in [-0.2, -0.15) is 0 Å². The van der Waals surface area contributed by atoms with E-state index in [0.29, 0.717) is 13.0 Å². The Bertz CT molecular complexity index is 934. The maximum atomic E-state index is 13.3. The molecular formula is C24H31N3O3S. The summed E-state index contributed by atoms with van der Waals surface area (Å²) in [7, 11) is 0. The van der Waals surface area contributed by atoms with Gasteiger partial charge in [-0.05, 0) is 30.9 Å². The van der Waals surface area contributed by atoms with Gasteiger partial charge in [0.2, 0.25) is 11.8 Å². The highest BCUT2D eigenvalue weighted by atomic mass is 32.1. The van der Waals surface area contributed by atoms with Gasteiger partial charge < -0.3 is 15.3 Å². The molecule has 1 aromatic carbocycles. The van der Waals surface area contributed by atoms with Gasteiger partial charge in [0, 0.05) is 24.9 Å². The lowest BCUT2D eigenvalue weighted by Crippen LogP contribution is -2.51. The predicted molar refractivity (Wildman–Crippen MR) is 121 cm³/mol. The van der Waals surface area contributed by atoms with E-state index in [0.717, 1.165) is 53.8 Å². The molecule has 2 aliphatic rings. The zero-order chi connectivity index (χ0) is 22.0. The van der Waals surface area contributed by atoms with Crippen molar-refractivity contribution in [1.82, 2.24) is 15.2 Å². The van der Waals surface area contributed by atoms with Crippen LogP contribution in [-0.4, -0.2) is 45.5 Å². The van der Waals surface area contributed by atoms with E-state index in [1.165, 1.54) is 0 Å². The Morgan fingerprint density at radius 3 is 2.58 bits per heavy atom. The number of amides is 2. The summed E-state index contributed by atoms with van der Waals surface area (Å²) in [5.74, 6) is -0.167. The molecule has 2 fully saturated rings. The second-order valence-electron chi connectivity index (χ2n) is 9.17. The van der Waals surface area contributed by atoms with Gasteiger partial charge in [0.25, 0.3) is 0 Å². The van der Waals surface area contributed by atoms with Crippen molar-refractivity contribution >= 4 is 23.2 Å². The summed E-state index contributed by atoms with van der Waals surface area (Å²) in [6, 6.07) is 7.50. The Balaban J connectivity index is 1.39. The first-order valence-corrected chi connectivity index (χ1v) is 12.0. The van der Waals surface area contributed by atoms with Crippen LogP contribution >= 0.6 is 11.3 Å². The number of carbonyl (C=O) groups excluding carboxylic acids is 2. The monoisotopic (exact) mass is 441 g/mol. The zero-order valence-corrected chi connectivity index (χ0v) is 19.1. The summed E-state index contributed by atoms with van der Waals surface area (Å²) in [6.45, 7) is 4.65. The van der Waals surface area contributed by atoms with Gasteiger partial charge in [-0.15, -0.1) is 11.3 Å². The third kappa shape index (κ3) is 4.67. The molecule has 0 bridgehead atoms. The molecule has 1 aliphatic carbocycles. The average molecular weight is 442 g/mol. The predicted octanol–water partition coefficient (Wildman–Crippen LogP) is 3.67. The molecule has 0 spiro atoms. The number of hydrogen-bond acceptors (Lipinski definition) is 5. The molecule has 31 heavy (non-hydrogen) atoms. The number of hydrogen-bond donors (Lipinski definition) is 2. The first kappa shape index (κ1) is 22.0. The van der Waals surface area contributed by atoms with Crippen LogP contribution < -0.4 is 5.32 Å². The van der Waals surface area contributed by atoms with E-state index in [9.17, 15) is 14.7 Å². The van der Waals surface area contributed by atoms with Crippen molar-refractivity contribution in [2.45, 2.75) is 71.1 Å². The number of thiazole rings is 1. The summed E-state index contributed by atoms with van der Waals surface area (Å²) >= 11 is 1.62. The Hall–Kier alpha value is -2.25. The number of nitrogens with zero attached hydrogens (tertiary/aromatic N) is 2. The molecule has 2 aromatic rings. The van der Waals surface area contributed by atoms with Crippen LogP contribution in [0.5, 0.6) is 0 Å². The summed E-state index contributed by atoms with van der Waals surface area (Å²) in [5, 5.41) is 13.2. The number of likely N-dealkylation sites (tertiary alicyclic amines) is 1. The van der Waals surface area contributed by atoms with Crippen molar-refractivity contribution in [2.75, 3.05) is 6.54 Å². The standard InChI is InChI=1S/C24H31N3O3S/c1-16-21(31-15-26-16)18-8-6-17(7-9-18)13-25-22(29)20-12-19(28)14-27(20)23(30)24(2)10-4-3-5-11-24/h6-9,15,19-20,28H,3-5,10-14H2,1-2H3,(H,25,29)/t19-,20+/m1/s1. The highest BCUT2D eigenvalue weighted by Crippen LogP contribution is 2.39. The van der Waals surface area contributed by atoms with Crippen molar-refractivity contribution in [2.24, 2.45) is 5.41 Å². The number of rotatable bonds is 5. The molecule has 2 amide bonds. The van der Waals surface area contributed by atoms with Gasteiger partial charge in [0.15, 0.2) is 0 Å². The number of aliphatic hydroxyl groups excluding tert-OH is 1. The lowest BCUT2D eigenvalue weighted by molar-refractivity contribution is -0.148.